The minimum absolute atomic E-state index is 0.239. The van der Waals surface area contributed by atoms with E-state index in [1.807, 2.05) is 5.32 Å². The van der Waals surface area contributed by atoms with Crippen LogP contribution in [0.1, 0.15) is 0 Å². The van der Waals surface area contributed by atoms with Gasteiger partial charge in [-0.25, -0.2) is 9.69 Å². The molecule has 0 aliphatic carbocycles. The molecule has 17 heavy (non-hydrogen) atoms. The van der Waals surface area contributed by atoms with E-state index in [0.29, 0.717) is 14.0 Å². The fourth-order valence-electron chi connectivity index (χ4n) is 1.35. The molecule has 0 saturated carbocycles. The number of rotatable bonds is 1. The van der Waals surface area contributed by atoms with E-state index in [4.69, 9.17) is 11.6 Å². The molecular weight excluding hydrogens is 379 g/mol. The quantitative estimate of drug-likeness (QED) is 0.599. The smallest absolute Gasteiger partial charge is 0.269 e. The van der Waals surface area contributed by atoms with Gasteiger partial charge in [-0.15, -0.1) is 0 Å². The Morgan fingerprint density at radius 1 is 1.12 bits per heavy atom. The van der Waals surface area contributed by atoms with Crippen molar-refractivity contribution in [3.8, 4) is 0 Å². The van der Waals surface area contributed by atoms with Crippen LogP contribution in [0.4, 0.5) is 10.5 Å². The third kappa shape index (κ3) is 2.10. The molecule has 0 unspecified atom stereocenters. The Labute approximate surface area is 117 Å². The van der Waals surface area contributed by atoms with Crippen molar-refractivity contribution in [2.45, 2.75) is 0 Å². The molecule has 1 aliphatic heterocycles. The summed E-state index contributed by atoms with van der Waals surface area (Å²) >= 11 is 12.2. The molecule has 1 N–H and O–H groups in total. The Hall–Kier alpha value is -0.920. The van der Waals surface area contributed by atoms with E-state index < -0.39 is 17.8 Å². The molecule has 2 rings (SSSR count). The summed E-state index contributed by atoms with van der Waals surface area (Å²) < 4.78 is 0.852. The van der Waals surface area contributed by atoms with Crippen molar-refractivity contribution in [2.75, 3.05) is 4.90 Å². The lowest BCUT2D eigenvalue weighted by Crippen LogP contribution is -2.31. The molecular formula is C9H3Br2ClN2O3. The van der Waals surface area contributed by atoms with Gasteiger partial charge in [0, 0.05) is 14.0 Å². The minimum Gasteiger partial charge on any atom is -0.269 e. The number of carbonyl (C=O) groups is 3. The summed E-state index contributed by atoms with van der Waals surface area (Å²) in [5.41, 5.74) is 0.239. The summed E-state index contributed by atoms with van der Waals surface area (Å²) in [6.07, 6.45) is 0. The molecule has 4 amide bonds. The number of nitrogens with one attached hydrogen (secondary N) is 1. The minimum atomic E-state index is -0.955. The van der Waals surface area contributed by atoms with Gasteiger partial charge in [-0.2, -0.15) is 0 Å². The van der Waals surface area contributed by atoms with Crippen molar-refractivity contribution < 1.29 is 14.4 Å². The number of amides is 4. The first-order valence-corrected chi connectivity index (χ1v) is 6.22. The number of nitrogens with zero attached hydrogens (tertiary/aromatic N) is 1. The molecule has 1 aromatic rings. The zero-order valence-corrected chi connectivity index (χ0v) is 11.9. The maximum absolute atomic E-state index is 11.5. The van der Waals surface area contributed by atoms with Gasteiger partial charge in [0.25, 0.3) is 0 Å². The fraction of sp³-hybridized carbons (Fsp3) is 0. The summed E-state index contributed by atoms with van der Waals surface area (Å²) in [5.74, 6) is -1.89. The summed E-state index contributed by atoms with van der Waals surface area (Å²) in [7, 11) is 0. The first-order chi connectivity index (χ1) is 7.91. The highest BCUT2D eigenvalue weighted by Crippen LogP contribution is 2.37. The van der Waals surface area contributed by atoms with Crippen LogP contribution >= 0.6 is 43.5 Å². The number of hydrogen-bond acceptors (Lipinski definition) is 3. The highest BCUT2D eigenvalue weighted by Gasteiger charge is 2.39. The van der Waals surface area contributed by atoms with Crippen molar-refractivity contribution in [3.63, 3.8) is 0 Å². The monoisotopic (exact) mass is 380 g/mol. The van der Waals surface area contributed by atoms with Gasteiger partial charge in [-0.1, -0.05) is 11.6 Å². The molecule has 88 valence electrons. The first kappa shape index (κ1) is 12.5. The van der Waals surface area contributed by atoms with Crippen LogP contribution < -0.4 is 10.2 Å². The number of urea groups is 1. The molecule has 8 heteroatoms. The van der Waals surface area contributed by atoms with Gasteiger partial charge < -0.3 is 0 Å². The number of carbonyl (C=O) groups excluding carboxylic acids is 3. The molecule has 1 saturated heterocycles. The molecule has 0 spiro atoms. The maximum atomic E-state index is 11.5. The zero-order valence-electron chi connectivity index (χ0n) is 7.96. The van der Waals surface area contributed by atoms with Crippen molar-refractivity contribution >= 4 is 67.0 Å². The number of benzene rings is 1. The SMILES string of the molecule is O=C1NC(=O)N(c2c(Br)cc(Cl)cc2Br)C1=O. The Kier molecular flexibility index (Phi) is 3.24. The predicted molar refractivity (Wildman–Crippen MR) is 67.9 cm³/mol. The Morgan fingerprint density at radius 3 is 2.06 bits per heavy atom. The van der Waals surface area contributed by atoms with Crippen LogP contribution in [-0.2, 0) is 9.59 Å². The predicted octanol–water partition coefficient (Wildman–Crippen LogP) is 2.45. The second-order valence-electron chi connectivity index (χ2n) is 3.12. The van der Waals surface area contributed by atoms with Crippen LogP contribution in [0.25, 0.3) is 0 Å². The molecule has 0 atom stereocenters. The molecule has 1 fully saturated rings. The van der Waals surface area contributed by atoms with E-state index in [-0.39, 0.29) is 5.69 Å². The van der Waals surface area contributed by atoms with Crippen molar-refractivity contribution in [1.29, 1.82) is 0 Å². The number of imide groups is 2. The van der Waals surface area contributed by atoms with E-state index in [9.17, 15) is 14.4 Å². The topological polar surface area (TPSA) is 66.5 Å². The summed E-state index contributed by atoms with van der Waals surface area (Å²) in [6, 6.07) is 2.25. The van der Waals surface area contributed by atoms with E-state index in [1.54, 1.807) is 0 Å². The highest BCUT2D eigenvalue weighted by atomic mass is 79.9. The second-order valence-corrected chi connectivity index (χ2v) is 5.26. The Morgan fingerprint density at radius 2 is 1.65 bits per heavy atom. The van der Waals surface area contributed by atoms with Crippen LogP contribution in [0.3, 0.4) is 0 Å². The first-order valence-electron chi connectivity index (χ1n) is 4.25. The lowest BCUT2D eigenvalue weighted by molar-refractivity contribution is -0.134. The van der Waals surface area contributed by atoms with Crippen LogP contribution in [0, 0.1) is 0 Å². The molecule has 1 aliphatic rings. The number of hydrogen-bond donors (Lipinski definition) is 1. The summed E-state index contributed by atoms with van der Waals surface area (Å²) in [4.78, 5) is 34.8. The van der Waals surface area contributed by atoms with E-state index >= 15 is 0 Å². The van der Waals surface area contributed by atoms with Crippen molar-refractivity contribution in [1.82, 2.24) is 5.32 Å². The maximum Gasteiger partial charge on any atom is 0.336 e. The molecule has 0 aromatic heterocycles. The van der Waals surface area contributed by atoms with E-state index in [2.05, 4.69) is 31.9 Å². The second kappa shape index (κ2) is 4.40. The van der Waals surface area contributed by atoms with Gasteiger partial charge >= 0.3 is 17.8 Å². The molecule has 5 nitrogen and oxygen atoms in total. The molecule has 0 radical (unpaired) electrons. The van der Waals surface area contributed by atoms with Crippen LogP contribution in [0.2, 0.25) is 5.02 Å². The number of halogens is 3. The van der Waals surface area contributed by atoms with Crippen LogP contribution in [-0.4, -0.2) is 17.8 Å². The van der Waals surface area contributed by atoms with Crippen molar-refractivity contribution in [2.24, 2.45) is 0 Å². The average molecular weight is 382 g/mol. The zero-order chi connectivity index (χ0) is 12.7. The third-order valence-corrected chi connectivity index (χ3v) is 3.45. The molecule has 0 bridgehead atoms. The highest BCUT2D eigenvalue weighted by molar-refractivity contribution is 9.11. The van der Waals surface area contributed by atoms with Gasteiger partial charge in [0.1, 0.15) is 0 Å². The normalized spacial score (nSPS) is 15.5. The third-order valence-electron chi connectivity index (χ3n) is 2.03. The Balaban J connectivity index is 2.59. The van der Waals surface area contributed by atoms with E-state index in [0.717, 1.165) is 4.90 Å². The van der Waals surface area contributed by atoms with Gasteiger partial charge in [0.05, 0.1) is 5.69 Å². The van der Waals surface area contributed by atoms with Gasteiger partial charge in [-0.05, 0) is 44.0 Å². The van der Waals surface area contributed by atoms with Crippen molar-refractivity contribution in [3.05, 3.63) is 26.1 Å². The van der Waals surface area contributed by atoms with Crippen LogP contribution in [0.5, 0.6) is 0 Å². The van der Waals surface area contributed by atoms with Crippen LogP contribution in [0.15, 0.2) is 21.1 Å². The lowest BCUT2D eigenvalue weighted by atomic mass is 10.3. The van der Waals surface area contributed by atoms with Gasteiger partial charge in [0.2, 0.25) is 0 Å². The standard InChI is InChI=1S/C9H3Br2ClN2O3/c10-4-1-3(12)2-5(11)6(4)14-8(16)7(15)13-9(14)17/h1-2H,(H,13,15,17). The largest absolute Gasteiger partial charge is 0.336 e. The lowest BCUT2D eigenvalue weighted by Gasteiger charge is -2.15. The molecule has 1 heterocycles. The summed E-state index contributed by atoms with van der Waals surface area (Å²) in [5, 5.41) is 2.33. The number of anilines is 1. The van der Waals surface area contributed by atoms with E-state index in [1.165, 1.54) is 12.1 Å². The van der Waals surface area contributed by atoms with Gasteiger partial charge in [0.15, 0.2) is 0 Å². The molecule has 1 aromatic carbocycles. The Bertz CT molecular complexity index is 538. The summed E-state index contributed by atoms with van der Waals surface area (Å²) in [6.45, 7) is 0. The van der Waals surface area contributed by atoms with Gasteiger partial charge in [-0.3, -0.25) is 14.9 Å². The average Bonchev–Trinajstić information content (AvgIpc) is 2.43. The fourth-order valence-corrected chi connectivity index (χ4v) is 3.37.